The molecule has 1 spiro atoms. The molecule has 0 radical (unpaired) electrons. The zero-order valence-electron chi connectivity index (χ0n) is 21.7. The number of aliphatic hydroxyl groups is 1. The van der Waals surface area contributed by atoms with Crippen molar-refractivity contribution in [2.45, 2.75) is 81.5 Å². The van der Waals surface area contributed by atoms with Gasteiger partial charge >= 0.3 is 5.97 Å². The topological polar surface area (TPSA) is 96.4 Å². The molecule has 3 unspecified atom stereocenters. The van der Waals surface area contributed by atoms with Crippen LogP contribution >= 0.6 is 15.9 Å². The van der Waals surface area contributed by atoms with Crippen molar-refractivity contribution in [3.63, 3.8) is 0 Å². The number of esters is 1. The van der Waals surface area contributed by atoms with E-state index in [1.165, 1.54) is 4.90 Å². The number of carbonyl (C=O) groups is 3. The van der Waals surface area contributed by atoms with Gasteiger partial charge in [-0.15, -0.1) is 13.2 Å². The van der Waals surface area contributed by atoms with Gasteiger partial charge in [0.05, 0.1) is 37.2 Å². The number of hydrogen-bond donors (Lipinski definition) is 1. The Kier molecular flexibility index (Phi) is 9.80. The summed E-state index contributed by atoms with van der Waals surface area (Å²) in [5, 5.41) is 10.3. The molecule has 2 bridgehead atoms. The minimum Gasteiger partial charge on any atom is -0.465 e. The number of amides is 2. The van der Waals surface area contributed by atoms with Crippen molar-refractivity contribution >= 4 is 33.7 Å². The van der Waals surface area contributed by atoms with E-state index < -0.39 is 41.6 Å². The van der Waals surface area contributed by atoms with Gasteiger partial charge in [0.1, 0.15) is 11.6 Å². The van der Waals surface area contributed by atoms with E-state index in [1.807, 2.05) is 13.8 Å². The normalized spacial score (nSPS) is 31.4. The Morgan fingerprint density at radius 1 is 1.33 bits per heavy atom. The molecular formula is C27H41BrN2O6. The molecule has 3 heterocycles. The van der Waals surface area contributed by atoms with Gasteiger partial charge in [-0.2, -0.15) is 0 Å². The van der Waals surface area contributed by atoms with Crippen molar-refractivity contribution < 1.29 is 29.0 Å². The Labute approximate surface area is 223 Å². The lowest BCUT2D eigenvalue weighted by atomic mass is 9.70. The number of alkyl halides is 1. The van der Waals surface area contributed by atoms with Crippen molar-refractivity contribution in [3.05, 3.63) is 25.3 Å². The molecule has 9 heteroatoms. The highest BCUT2D eigenvalue weighted by Gasteiger charge is 2.77. The SMILES string of the molecule is C=CCCOC(=O)[C@H]1[C@H]2C(=O)N([C@@H](CO)C(C)C)C(C(=O)N(CC=C)CCCCC)C23CC(Br)[C@@H]1O3. The first-order valence-corrected chi connectivity index (χ1v) is 14.0. The lowest BCUT2D eigenvalue weighted by Gasteiger charge is -2.40. The Balaban J connectivity index is 2.05. The van der Waals surface area contributed by atoms with E-state index in [0.29, 0.717) is 25.9 Å². The first-order chi connectivity index (χ1) is 17.2. The van der Waals surface area contributed by atoms with Gasteiger partial charge in [-0.1, -0.05) is 61.7 Å². The summed E-state index contributed by atoms with van der Waals surface area (Å²) in [6.07, 6.45) is 6.55. The molecule has 1 N–H and O–H groups in total. The highest BCUT2D eigenvalue weighted by molar-refractivity contribution is 9.09. The molecule has 2 amide bonds. The second kappa shape index (κ2) is 12.2. The van der Waals surface area contributed by atoms with Crippen LogP contribution in [0.1, 0.15) is 52.9 Å². The molecule has 0 aromatic rings. The number of hydrogen-bond acceptors (Lipinski definition) is 6. The highest BCUT2D eigenvalue weighted by Crippen LogP contribution is 2.60. The highest BCUT2D eigenvalue weighted by atomic mass is 79.9. The van der Waals surface area contributed by atoms with Crippen molar-refractivity contribution in [1.82, 2.24) is 9.80 Å². The van der Waals surface area contributed by atoms with E-state index >= 15 is 0 Å². The lowest BCUT2D eigenvalue weighted by Crippen LogP contribution is -2.60. The maximum Gasteiger partial charge on any atom is 0.312 e. The first kappa shape index (κ1) is 28.9. The summed E-state index contributed by atoms with van der Waals surface area (Å²) < 4.78 is 12.0. The number of aliphatic hydroxyl groups excluding tert-OH is 1. The molecule has 0 saturated carbocycles. The number of halogens is 1. The fraction of sp³-hybridized carbons (Fsp3) is 0.741. The van der Waals surface area contributed by atoms with Gasteiger partial charge in [-0.25, -0.2) is 0 Å². The monoisotopic (exact) mass is 568 g/mol. The molecule has 36 heavy (non-hydrogen) atoms. The number of unbranched alkanes of at least 4 members (excludes halogenated alkanes) is 2. The average Bonchev–Trinajstić information content (AvgIpc) is 3.42. The molecule has 3 fully saturated rings. The van der Waals surface area contributed by atoms with Crippen LogP contribution in [0.2, 0.25) is 0 Å². The predicted octanol–water partition coefficient (Wildman–Crippen LogP) is 3.08. The molecule has 202 valence electrons. The second-order valence-electron chi connectivity index (χ2n) is 10.4. The summed E-state index contributed by atoms with van der Waals surface area (Å²) in [5.41, 5.74) is -1.17. The van der Waals surface area contributed by atoms with Crippen molar-refractivity contribution in [2.75, 3.05) is 26.3 Å². The van der Waals surface area contributed by atoms with Crippen molar-refractivity contribution in [1.29, 1.82) is 0 Å². The third-order valence-electron chi connectivity index (χ3n) is 7.81. The van der Waals surface area contributed by atoms with Crippen LogP contribution in [0.4, 0.5) is 0 Å². The van der Waals surface area contributed by atoms with Crippen LogP contribution in [0.5, 0.6) is 0 Å². The number of ether oxygens (including phenoxy) is 2. The number of nitrogens with zero attached hydrogens (tertiary/aromatic N) is 2. The van der Waals surface area contributed by atoms with Crippen LogP contribution in [0.15, 0.2) is 25.3 Å². The van der Waals surface area contributed by atoms with Crippen molar-refractivity contribution in [3.8, 4) is 0 Å². The zero-order valence-corrected chi connectivity index (χ0v) is 23.3. The maximum absolute atomic E-state index is 14.2. The molecule has 0 aliphatic carbocycles. The van der Waals surface area contributed by atoms with E-state index in [4.69, 9.17) is 9.47 Å². The summed E-state index contributed by atoms with van der Waals surface area (Å²) >= 11 is 3.67. The number of carbonyl (C=O) groups excluding carboxylic acids is 3. The van der Waals surface area contributed by atoms with E-state index in [0.717, 1.165) is 19.3 Å². The van der Waals surface area contributed by atoms with Crippen LogP contribution in [-0.2, 0) is 23.9 Å². The Hall–Kier alpha value is -1.71. The van der Waals surface area contributed by atoms with E-state index in [9.17, 15) is 19.5 Å². The van der Waals surface area contributed by atoms with Gasteiger partial charge in [0.25, 0.3) is 0 Å². The van der Waals surface area contributed by atoms with E-state index in [1.54, 1.807) is 17.1 Å². The second-order valence-corrected chi connectivity index (χ2v) is 11.6. The van der Waals surface area contributed by atoms with Crippen LogP contribution in [0.3, 0.4) is 0 Å². The van der Waals surface area contributed by atoms with E-state index in [-0.39, 0.29) is 35.8 Å². The first-order valence-electron chi connectivity index (χ1n) is 13.1. The molecular weight excluding hydrogens is 528 g/mol. The quantitative estimate of drug-likeness (QED) is 0.150. The molecule has 8 nitrogen and oxygen atoms in total. The molecule has 3 aliphatic rings. The van der Waals surface area contributed by atoms with Gasteiger partial charge in [-0.3, -0.25) is 14.4 Å². The minimum atomic E-state index is -1.17. The third kappa shape index (κ3) is 5.03. The molecule has 3 aliphatic heterocycles. The molecule has 7 atom stereocenters. The Bertz CT molecular complexity index is 850. The maximum atomic E-state index is 14.2. The minimum absolute atomic E-state index is 0.104. The smallest absolute Gasteiger partial charge is 0.312 e. The Morgan fingerprint density at radius 2 is 2.06 bits per heavy atom. The van der Waals surface area contributed by atoms with Crippen molar-refractivity contribution in [2.24, 2.45) is 17.8 Å². The summed E-state index contributed by atoms with van der Waals surface area (Å²) in [4.78, 5) is 44.6. The molecule has 3 saturated heterocycles. The summed E-state index contributed by atoms with van der Waals surface area (Å²) in [5.74, 6) is -2.79. The lowest BCUT2D eigenvalue weighted by molar-refractivity contribution is -0.157. The number of fused-ring (bicyclic) bond motifs is 1. The van der Waals surface area contributed by atoms with Gasteiger partial charge in [-0.05, 0) is 25.2 Å². The summed E-state index contributed by atoms with van der Waals surface area (Å²) in [7, 11) is 0. The van der Waals surface area contributed by atoms with Crippen LogP contribution < -0.4 is 0 Å². The van der Waals surface area contributed by atoms with Gasteiger partial charge in [0.15, 0.2) is 0 Å². The van der Waals surface area contributed by atoms with Crippen LogP contribution in [0.25, 0.3) is 0 Å². The van der Waals surface area contributed by atoms with Gasteiger partial charge in [0.2, 0.25) is 11.8 Å². The molecule has 3 rings (SSSR count). The zero-order chi connectivity index (χ0) is 26.6. The molecule has 0 aromatic carbocycles. The fourth-order valence-electron chi connectivity index (χ4n) is 6.11. The summed E-state index contributed by atoms with van der Waals surface area (Å²) in [6.45, 7) is 14.2. The standard InChI is InChI=1S/C27H41BrN2O6/c1-6-9-11-13-29(12-8-3)25(33)23-27-15-18(28)22(36-27)20(26(34)35-14-10-7-2)21(27)24(32)30(23)19(16-31)17(4)5/h7-8,17-23,31H,2-3,6,9-16H2,1,4-5H3/t18?,19-,20-,21-,22-,23?,27?/m0/s1. The van der Waals surface area contributed by atoms with Gasteiger partial charge < -0.3 is 24.4 Å². The number of likely N-dealkylation sites (tertiary alicyclic amines) is 1. The summed E-state index contributed by atoms with van der Waals surface area (Å²) in [6, 6.07) is -1.52. The largest absolute Gasteiger partial charge is 0.465 e. The van der Waals surface area contributed by atoms with Crippen LogP contribution in [-0.4, -0.2) is 87.6 Å². The van der Waals surface area contributed by atoms with E-state index in [2.05, 4.69) is 36.0 Å². The average molecular weight is 570 g/mol. The molecule has 0 aromatic heterocycles. The fourth-order valence-corrected chi connectivity index (χ4v) is 7.05. The Morgan fingerprint density at radius 3 is 2.64 bits per heavy atom. The number of rotatable bonds is 14. The van der Waals surface area contributed by atoms with Gasteiger partial charge in [0, 0.05) is 17.9 Å². The van der Waals surface area contributed by atoms with Crippen LogP contribution in [0, 0.1) is 17.8 Å². The predicted molar refractivity (Wildman–Crippen MR) is 140 cm³/mol. The third-order valence-corrected chi connectivity index (χ3v) is 8.65.